The van der Waals surface area contributed by atoms with Gasteiger partial charge < -0.3 is 15.4 Å². The van der Waals surface area contributed by atoms with Crippen LogP contribution in [0, 0.1) is 0 Å². The van der Waals surface area contributed by atoms with E-state index >= 15 is 0 Å². The van der Waals surface area contributed by atoms with Gasteiger partial charge in [-0.2, -0.15) is 0 Å². The van der Waals surface area contributed by atoms with Gasteiger partial charge >= 0.3 is 5.97 Å². The molecule has 1 fully saturated rings. The van der Waals surface area contributed by atoms with E-state index in [2.05, 4.69) is 15.4 Å². The fourth-order valence-corrected chi connectivity index (χ4v) is 2.50. The quantitative estimate of drug-likeness (QED) is 0.830. The van der Waals surface area contributed by atoms with Gasteiger partial charge in [0.25, 0.3) is 0 Å². The predicted octanol–water partition coefficient (Wildman–Crippen LogP) is 1.79. The van der Waals surface area contributed by atoms with Gasteiger partial charge in [0.15, 0.2) is 0 Å². The molecule has 2 rings (SSSR count). The maximum Gasteiger partial charge on any atom is 0.337 e. The summed E-state index contributed by atoms with van der Waals surface area (Å²) < 4.78 is 4.66. The molecule has 1 saturated heterocycles. The number of methoxy groups -OCH3 is 1. The van der Waals surface area contributed by atoms with Crippen LogP contribution in [0.25, 0.3) is 0 Å². The van der Waals surface area contributed by atoms with Crippen molar-refractivity contribution in [2.45, 2.75) is 38.3 Å². The number of carbonyl (C=O) groups is 2. The van der Waals surface area contributed by atoms with Crippen molar-refractivity contribution in [3.8, 4) is 0 Å². The highest BCUT2D eigenvalue weighted by Gasteiger charge is 2.22. The summed E-state index contributed by atoms with van der Waals surface area (Å²) in [4.78, 5) is 23.5. The lowest BCUT2D eigenvalue weighted by atomic mass is 10.0. The van der Waals surface area contributed by atoms with E-state index in [1.807, 2.05) is 19.1 Å². The lowest BCUT2D eigenvalue weighted by molar-refractivity contribution is -0.124. The molecule has 1 aliphatic rings. The molecule has 1 amide bonds. The van der Waals surface area contributed by atoms with E-state index in [1.165, 1.54) is 7.11 Å². The Balaban J connectivity index is 1.94. The molecule has 1 aliphatic heterocycles. The highest BCUT2D eigenvalue weighted by Crippen LogP contribution is 2.15. The second kappa shape index (κ2) is 7.22. The largest absolute Gasteiger partial charge is 0.465 e. The maximum absolute atomic E-state index is 12.2. The van der Waals surface area contributed by atoms with Gasteiger partial charge in [0.2, 0.25) is 5.91 Å². The van der Waals surface area contributed by atoms with E-state index in [0.717, 1.165) is 31.4 Å². The minimum absolute atomic E-state index is 0.0410. The third kappa shape index (κ3) is 4.04. The molecule has 0 aromatic heterocycles. The molecular formula is C16H22N2O3. The Hall–Kier alpha value is -1.88. The van der Waals surface area contributed by atoms with Crippen molar-refractivity contribution in [3.63, 3.8) is 0 Å². The Bertz CT molecular complexity index is 493. The van der Waals surface area contributed by atoms with E-state index in [1.54, 1.807) is 12.1 Å². The molecule has 1 heterocycles. The minimum atomic E-state index is -0.357. The fraction of sp³-hybridized carbons (Fsp3) is 0.500. The molecule has 1 unspecified atom stereocenters. The third-order valence-electron chi connectivity index (χ3n) is 3.82. The minimum Gasteiger partial charge on any atom is -0.465 e. The van der Waals surface area contributed by atoms with Crippen LogP contribution in [-0.4, -0.2) is 31.6 Å². The van der Waals surface area contributed by atoms with Crippen LogP contribution >= 0.6 is 0 Å². The summed E-state index contributed by atoms with van der Waals surface area (Å²) in [6.45, 7) is 2.84. The van der Waals surface area contributed by atoms with Gasteiger partial charge in [0, 0.05) is 0 Å². The van der Waals surface area contributed by atoms with Crippen LogP contribution in [0.3, 0.4) is 0 Å². The third-order valence-corrected chi connectivity index (χ3v) is 3.82. The monoisotopic (exact) mass is 290 g/mol. The zero-order chi connectivity index (χ0) is 15.2. The number of carbonyl (C=O) groups excluding carboxylic acids is 2. The van der Waals surface area contributed by atoms with E-state index in [-0.39, 0.29) is 24.0 Å². The van der Waals surface area contributed by atoms with Gasteiger partial charge in [-0.1, -0.05) is 18.6 Å². The van der Waals surface area contributed by atoms with Gasteiger partial charge in [-0.15, -0.1) is 0 Å². The normalized spacial score (nSPS) is 19.6. The molecule has 0 radical (unpaired) electrons. The summed E-state index contributed by atoms with van der Waals surface area (Å²) in [5.74, 6) is -0.316. The first-order valence-electron chi connectivity index (χ1n) is 7.34. The van der Waals surface area contributed by atoms with Crippen LogP contribution in [0.1, 0.15) is 48.1 Å². The first-order chi connectivity index (χ1) is 10.1. The zero-order valence-corrected chi connectivity index (χ0v) is 12.5. The molecule has 0 bridgehead atoms. The van der Waals surface area contributed by atoms with Gasteiger partial charge in [-0.25, -0.2) is 4.79 Å². The molecule has 2 atom stereocenters. The highest BCUT2D eigenvalue weighted by atomic mass is 16.5. The number of ether oxygens (including phenoxy) is 1. The average molecular weight is 290 g/mol. The number of esters is 1. The van der Waals surface area contributed by atoms with Crippen LogP contribution in [0.15, 0.2) is 24.3 Å². The van der Waals surface area contributed by atoms with E-state index in [0.29, 0.717) is 5.56 Å². The van der Waals surface area contributed by atoms with Gasteiger partial charge in [-0.3, -0.25) is 4.79 Å². The number of rotatable bonds is 4. The Morgan fingerprint density at radius 3 is 2.57 bits per heavy atom. The van der Waals surface area contributed by atoms with Gasteiger partial charge in [0.05, 0.1) is 24.8 Å². The molecule has 2 N–H and O–H groups in total. The smallest absolute Gasteiger partial charge is 0.337 e. The van der Waals surface area contributed by atoms with Crippen molar-refractivity contribution >= 4 is 11.9 Å². The summed E-state index contributed by atoms with van der Waals surface area (Å²) in [5, 5.41) is 6.25. The molecule has 21 heavy (non-hydrogen) atoms. The average Bonchev–Trinajstić information content (AvgIpc) is 2.55. The fourth-order valence-electron chi connectivity index (χ4n) is 2.50. The molecule has 0 aliphatic carbocycles. The van der Waals surface area contributed by atoms with Crippen molar-refractivity contribution in [2.24, 2.45) is 0 Å². The molecule has 114 valence electrons. The number of hydrogen-bond acceptors (Lipinski definition) is 4. The van der Waals surface area contributed by atoms with Crippen LogP contribution in [0.4, 0.5) is 0 Å². The van der Waals surface area contributed by atoms with Crippen molar-refractivity contribution in [1.82, 2.24) is 10.6 Å². The summed E-state index contributed by atoms with van der Waals surface area (Å²) in [7, 11) is 1.36. The molecule has 5 nitrogen and oxygen atoms in total. The molecular weight excluding hydrogens is 268 g/mol. The van der Waals surface area contributed by atoms with Crippen molar-refractivity contribution in [3.05, 3.63) is 35.4 Å². The summed E-state index contributed by atoms with van der Waals surface area (Å²) >= 11 is 0. The number of benzene rings is 1. The van der Waals surface area contributed by atoms with E-state index < -0.39 is 0 Å². The second-order valence-electron chi connectivity index (χ2n) is 5.35. The standard InChI is InChI=1S/C16H22N2O3/c1-11(18-15(19)14-5-3-4-10-17-14)12-6-8-13(9-7-12)16(20)21-2/h6-9,11,14,17H,3-5,10H2,1-2H3,(H,18,19)/t11?,14-/m1/s1. The number of nitrogens with one attached hydrogen (secondary N) is 2. The van der Waals surface area contributed by atoms with Gasteiger partial charge in [0.1, 0.15) is 0 Å². The summed E-state index contributed by atoms with van der Waals surface area (Å²) in [6, 6.07) is 6.92. The molecule has 0 spiro atoms. The van der Waals surface area contributed by atoms with E-state index in [9.17, 15) is 9.59 Å². The Morgan fingerprint density at radius 1 is 1.29 bits per heavy atom. The number of amides is 1. The first kappa shape index (κ1) is 15.5. The molecule has 1 aromatic rings. The second-order valence-corrected chi connectivity index (χ2v) is 5.35. The Kier molecular flexibility index (Phi) is 5.33. The van der Waals surface area contributed by atoms with Crippen molar-refractivity contribution in [2.75, 3.05) is 13.7 Å². The summed E-state index contributed by atoms with van der Waals surface area (Å²) in [6.07, 6.45) is 3.11. The topological polar surface area (TPSA) is 67.4 Å². The van der Waals surface area contributed by atoms with Crippen molar-refractivity contribution in [1.29, 1.82) is 0 Å². The molecule has 1 aromatic carbocycles. The first-order valence-corrected chi connectivity index (χ1v) is 7.34. The Labute approximate surface area is 125 Å². The number of hydrogen-bond donors (Lipinski definition) is 2. The Morgan fingerprint density at radius 2 is 2.00 bits per heavy atom. The van der Waals surface area contributed by atoms with Crippen LogP contribution in [-0.2, 0) is 9.53 Å². The lowest BCUT2D eigenvalue weighted by Crippen LogP contribution is -2.47. The van der Waals surface area contributed by atoms with Crippen LogP contribution in [0.2, 0.25) is 0 Å². The highest BCUT2D eigenvalue weighted by molar-refractivity contribution is 5.89. The van der Waals surface area contributed by atoms with Crippen LogP contribution in [0.5, 0.6) is 0 Å². The lowest BCUT2D eigenvalue weighted by Gasteiger charge is -2.24. The molecule has 0 saturated carbocycles. The maximum atomic E-state index is 12.2. The predicted molar refractivity (Wildman–Crippen MR) is 80.0 cm³/mol. The SMILES string of the molecule is COC(=O)c1ccc(C(C)NC(=O)[C@H]2CCCCN2)cc1. The van der Waals surface area contributed by atoms with Gasteiger partial charge in [-0.05, 0) is 44.0 Å². The van der Waals surface area contributed by atoms with Crippen LogP contribution < -0.4 is 10.6 Å². The van der Waals surface area contributed by atoms with Crippen molar-refractivity contribution < 1.29 is 14.3 Å². The molecule has 5 heteroatoms. The van der Waals surface area contributed by atoms with E-state index in [4.69, 9.17) is 0 Å². The summed E-state index contributed by atoms with van der Waals surface area (Å²) in [5.41, 5.74) is 1.47. The zero-order valence-electron chi connectivity index (χ0n) is 12.5. The number of piperidine rings is 1.